The molecule has 0 fully saturated rings. The van der Waals surface area contributed by atoms with Crippen LogP contribution >= 0.6 is 11.3 Å². The number of allylic oxidation sites excluding steroid dienone is 1. The number of nitrogens with one attached hydrogen (secondary N) is 2. The predicted octanol–water partition coefficient (Wildman–Crippen LogP) is 1.09. The third-order valence-electron chi connectivity index (χ3n) is 3.38. The lowest BCUT2D eigenvalue weighted by Crippen LogP contribution is -2.51. The van der Waals surface area contributed by atoms with Gasteiger partial charge >= 0.3 is 6.03 Å². The summed E-state index contributed by atoms with van der Waals surface area (Å²) in [5.74, 6) is -0.121. The number of aromatic nitrogens is 1. The molecule has 120 valence electrons. The number of hydrogen-bond donors (Lipinski definition) is 2. The summed E-state index contributed by atoms with van der Waals surface area (Å²) in [7, 11) is 1.60. The van der Waals surface area contributed by atoms with Gasteiger partial charge in [-0.3, -0.25) is 4.79 Å². The van der Waals surface area contributed by atoms with Gasteiger partial charge in [-0.15, -0.1) is 11.3 Å². The first-order chi connectivity index (χ1) is 10.5. The summed E-state index contributed by atoms with van der Waals surface area (Å²) in [6.45, 7) is 4.87. The number of thiazole rings is 1. The van der Waals surface area contributed by atoms with Crippen LogP contribution < -0.4 is 10.6 Å². The van der Waals surface area contributed by atoms with Crippen molar-refractivity contribution in [2.75, 3.05) is 20.3 Å². The van der Waals surface area contributed by atoms with Crippen molar-refractivity contribution >= 4 is 23.3 Å². The lowest BCUT2D eigenvalue weighted by atomic mass is 10.0. The van der Waals surface area contributed by atoms with Crippen LogP contribution in [0.2, 0.25) is 0 Å². The minimum Gasteiger partial charge on any atom is -0.383 e. The molecule has 3 amide bonds. The van der Waals surface area contributed by atoms with Gasteiger partial charge in [0.2, 0.25) is 0 Å². The van der Waals surface area contributed by atoms with Crippen molar-refractivity contribution in [3.05, 3.63) is 27.9 Å². The largest absolute Gasteiger partial charge is 0.383 e. The van der Waals surface area contributed by atoms with Gasteiger partial charge in [-0.1, -0.05) is 0 Å². The van der Waals surface area contributed by atoms with Crippen LogP contribution in [0.3, 0.4) is 0 Å². The Labute approximate surface area is 133 Å². The van der Waals surface area contributed by atoms with Gasteiger partial charge in [-0.2, -0.15) is 0 Å². The second-order valence-corrected chi connectivity index (χ2v) is 5.98. The van der Waals surface area contributed by atoms with Gasteiger partial charge in [0.05, 0.1) is 24.8 Å². The zero-order valence-electron chi connectivity index (χ0n) is 12.9. The summed E-state index contributed by atoms with van der Waals surface area (Å²) < 4.78 is 5.09. The Morgan fingerprint density at radius 3 is 2.91 bits per heavy atom. The summed E-state index contributed by atoms with van der Waals surface area (Å²) in [6, 6.07) is -0.618. The third-order valence-corrected chi connectivity index (χ3v) is 4.14. The maximum Gasteiger partial charge on any atom is 0.319 e. The SMILES string of the molecule is COCCN(Cc1nccs1)C(=O)C1=C(C)NC(=O)N[C@@H]1C. The van der Waals surface area contributed by atoms with E-state index in [1.807, 2.05) is 5.38 Å². The molecule has 1 aliphatic rings. The number of amides is 3. The van der Waals surface area contributed by atoms with E-state index in [1.54, 1.807) is 32.1 Å². The number of rotatable bonds is 6. The molecule has 0 bridgehead atoms. The van der Waals surface area contributed by atoms with E-state index < -0.39 is 0 Å². The second-order valence-electron chi connectivity index (χ2n) is 5.00. The van der Waals surface area contributed by atoms with Crippen LogP contribution in [0.5, 0.6) is 0 Å². The Balaban J connectivity index is 2.20. The van der Waals surface area contributed by atoms with Crippen molar-refractivity contribution in [3.63, 3.8) is 0 Å². The third kappa shape index (κ3) is 3.83. The van der Waals surface area contributed by atoms with Crippen LogP contribution in [0, 0.1) is 0 Å². The van der Waals surface area contributed by atoms with Crippen molar-refractivity contribution in [2.24, 2.45) is 0 Å². The molecule has 8 heteroatoms. The normalized spacial score (nSPS) is 18.0. The molecule has 2 heterocycles. The van der Waals surface area contributed by atoms with Crippen LogP contribution in [-0.4, -0.2) is 48.1 Å². The molecule has 1 atom stereocenters. The molecule has 22 heavy (non-hydrogen) atoms. The summed E-state index contributed by atoms with van der Waals surface area (Å²) in [4.78, 5) is 30.2. The van der Waals surface area contributed by atoms with Gasteiger partial charge in [-0.25, -0.2) is 9.78 Å². The number of carbonyl (C=O) groups excluding carboxylic acids is 2. The lowest BCUT2D eigenvalue weighted by Gasteiger charge is -2.30. The van der Waals surface area contributed by atoms with Gasteiger partial charge in [0, 0.05) is 30.9 Å². The second kappa shape index (κ2) is 7.37. The van der Waals surface area contributed by atoms with Crippen LogP contribution in [0.1, 0.15) is 18.9 Å². The van der Waals surface area contributed by atoms with E-state index in [2.05, 4.69) is 15.6 Å². The van der Waals surface area contributed by atoms with Crippen LogP contribution in [0.25, 0.3) is 0 Å². The summed E-state index contributed by atoms with van der Waals surface area (Å²) >= 11 is 1.50. The minimum atomic E-state index is -0.331. The molecule has 0 radical (unpaired) electrons. The summed E-state index contributed by atoms with van der Waals surface area (Å²) in [6.07, 6.45) is 1.72. The van der Waals surface area contributed by atoms with Crippen molar-refractivity contribution in [2.45, 2.75) is 26.4 Å². The highest BCUT2D eigenvalue weighted by Crippen LogP contribution is 2.17. The first kappa shape index (κ1) is 16.4. The molecule has 2 N–H and O–H groups in total. The van der Waals surface area contributed by atoms with Gasteiger partial charge in [-0.05, 0) is 13.8 Å². The average molecular weight is 324 g/mol. The molecular weight excluding hydrogens is 304 g/mol. The van der Waals surface area contributed by atoms with Crippen LogP contribution in [0.4, 0.5) is 4.79 Å². The van der Waals surface area contributed by atoms with Crippen molar-refractivity contribution < 1.29 is 14.3 Å². The standard InChI is InChI=1S/C14H20N4O3S/c1-9-12(10(2)17-14(20)16-9)13(19)18(5-6-21-3)8-11-15-4-7-22-11/h4,7,9H,5-6,8H2,1-3H3,(H2,16,17,20)/t9-/m1/s1. The van der Waals surface area contributed by atoms with E-state index >= 15 is 0 Å². The molecule has 1 aromatic rings. The molecule has 2 rings (SSSR count). The molecule has 0 unspecified atom stereocenters. The van der Waals surface area contributed by atoms with Crippen molar-refractivity contribution in [3.8, 4) is 0 Å². The van der Waals surface area contributed by atoms with Gasteiger partial charge < -0.3 is 20.3 Å². The fourth-order valence-electron chi connectivity index (χ4n) is 2.33. The zero-order chi connectivity index (χ0) is 16.1. The molecule has 1 aliphatic heterocycles. The number of ether oxygens (including phenoxy) is 1. The first-order valence-electron chi connectivity index (χ1n) is 6.97. The zero-order valence-corrected chi connectivity index (χ0v) is 13.7. The van der Waals surface area contributed by atoms with Gasteiger partial charge in [0.25, 0.3) is 5.91 Å². The number of carbonyl (C=O) groups is 2. The highest BCUT2D eigenvalue weighted by atomic mass is 32.1. The Kier molecular flexibility index (Phi) is 5.51. The van der Waals surface area contributed by atoms with E-state index in [9.17, 15) is 9.59 Å². The monoisotopic (exact) mass is 324 g/mol. The number of urea groups is 1. The van der Waals surface area contributed by atoms with Gasteiger partial charge in [0.1, 0.15) is 5.01 Å². The quantitative estimate of drug-likeness (QED) is 0.820. The minimum absolute atomic E-state index is 0.121. The van der Waals surface area contributed by atoms with E-state index in [1.165, 1.54) is 11.3 Å². The van der Waals surface area contributed by atoms with Crippen LogP contribution in [-0.2, 0) is 16.1 Å². The van der Waals surface area contributed by atoms with Crippen molar-refractivity contribution in [1.29, 1.82) is 0 Å². The van der Waals surface area contributed by atoms with Crippen LogP contribution in [0.15, 0.2) is 22.8 Å². The molecule has 0 spiro atoms. The number of methoxy groups -OCH3 is 1. The highest BCUT2D eigenvalue weighted by Gasteiger charge is 2.30. The topological polar surface area (TPSA) is 83.6 Å². The fourth-order valence-corrected chi connectivity index (χ4v) is 2.96. The van der Waals surface area contributed by atoms with E-state index in [0.29, 0.717) is 31.0 Å². The fraction of sp³-hybridized carbons (Fsp3) is 0.500. The summed E-state index contributed by atoms with van der Waals surface area (Å²) in [5, 5.41) is 8.10. The maximum absolute atomic E-state index is 12.9. The van der Waals surface area contributed by atoms with E-state index in [-0.39, 0.29) is 18.0 Å². The average Bonchev–Trinajstić information content (AvgIpc) is 2.95. The molecule has 0 aliphatic carbocycles. The molecule has 7 nitrogen and oxygen atoms in total. The highest BCUT2D eigenvalue weighted by molar-refractivity contribution is 7.09. The summed E-state index contributed by atoms with van der Waals surface area (Å²) in [5.41, 5.74) is 1.15. The smallest absolute Gasteiger partial charge is 0.319 e. The van der Waals surface area contributed by atoms with E-state index in [4.69, 9.17) is 4.74 Å². The Morgan fingerprint density at radius 1 is 1.55 bits per heavy atom. The predicted molar refractivity (Wildman–Crippen MR) is 83.2 cm³/mol. The Hall–Kier alpha value is -1.93. The molecule has 0 saturated carbocycles. The number of hydrogen-bond acceptors (Lipinski definition) is 5. The first-order valence-corrected chi connectivity index (χ1v) is 7.85. The molecular formula is C14H20N4O3S. The Bertz CT molecular complexity index is 571. The molecule has 1 aromatic heterocycles. The Morgan fingerprint density at radius 2 is 2.32 bits per heavy atom. The van der Waals surface area contributed by atoms with E-state index in [0.717, 1.165) is 5.01 Å². The number of nitrogens with zero attached hydrogens (tertiary/aromatic N) is 2. The molecule has 0 saturated heterocycles. The maximum atomic E-state index is 12.9. The molecule has 0 aromatic carbocycles. The lowest BCUT2D eigenvalue weighted by molar-refractivity contribution is -0.128. The van der Waals surface area contributed by atoms with Crippen molar-refractivity contribution in [1.82, 2.24) is 20.5 Å². The van der Waals surface area contributed by atoms with Gasteiger partial charge in [0.15, 0.2) is 0 Å².